The maximum atomic E-state index is 13.1. The predicted octanol–water partition coefficient (Wildman–Crippen LogP) is 1.89. The number of rotatable bonds is 6. The number of ether oxygens (including phenoxy) is 2. The van der Waals surface area contributed by atoms with E-state index in [1.165, 1.54) is 0 Å². The first-order valence-electron chi connectivity index (χ1n) is 9.69. The van der Waals surface area contributed by atoms with E-state index in [4.69, 9.17) is 13.9 Å². The van der Waals surface area contributed by atoms with Crippen molar-refractivity contribution in [2.24, 2.45) is 11.8 Å². The lowest BCUT2D eigenvalue weighted by Gasteiger charge is -2.23. The van der Waals surface area contributed by atoms with Gasteiger partial charge >= 0.3 is 0 Å². The standard InChI is InChI=1S/C22H22N2O5/c1-27-15-6-4-14(5-7-15)11-23-20(25)18-17-8-9-22(29-17)13-24(21(26)19(18)22)12-16-3-2-10-28-16/h2-10,17-19H,11-13H2,1H3,(H,23,25)/t17-,18+,19-,22-/m1/s1. The van der Waals surface area contributed by atoms with Gasteiger partial charge in [-0.2, -0.15) is 0 Å². The molecular formula is C22H22N2O5. The van der Waals surface area contributed by atoms with Gasteiger partial charge in [0.25, 0.3) is 0 Å². The molecule has 2 bridgehead atoms. The van der Waals surface area contributed by atoms with Gasteiger partial charge < -0.3 is 24.1 Å². The number of hydrogen-bond donors (Lipinski definition) is 1. The van der Waals surface area contributed by atoms with Gasteiger partial charge in [-0.25, -0.2) is 0 Å². The molecule has 7 nitrogen and oxygen atoms in total. The van der Waals surface area contributed by atoms with Crippen LogP contribution in [0.2, 0.25) is 0 Å². The highest BCUT2D eigenvalue weighted by molar-refractivity contribution is 5.93. The summed E-state index contributed by atoms with van der Waals surface area (Å²) in [4.78, 5) is 27.9. The van der Waals surface area contributed by atoms with Crippen molar-refractivity contribution in [2.75, 3.05) is 13.7 Å². The summed E-state index contributed by atoms with van der Waals surface area (Å²) in [6, 6.07) is 11.2. The van der Waals surface area contributed by atoms with Gasteiger partial charge in [0.15, 0.2) is 0 Å². The van der Waals surface area contributed by atoms with Crippen LogP contribution in [0.3, 0.4) is 0 Å². The number of amides is 2. The maximum Gasteiger partial charge on any atom is 0.230 e. The molecule has 0 radical (unpaired) electrons. The normalized spacial score (nSPS) is 29.3. The van der Waals surface area contributed by atoms with Crippen molar-refractivity contribution < 1.29 is 23.5 Å². The van der Waals surface area contributed by atoms with Crippen molar-refractivity contribution in [3.8, 4) is 5.75 Å². The molecule has 150 valence electrons. The largest absolute Gasteiger partial charge is 0.497 e. The monoisotopic (exact) mass is 394 g/mol. The third kappa shape index (κ3) is 2.93. The van der Waals surface area contributed by atoms with Crippen molar-refractivity contribution in [1.82, 2.24) is 10.2 Å². The average molecular weight is 394 g/mol. The molecule has 2 amide bonds. The number of nitrogens with zero attached hydrogens (tertiary/aromatic N) is 1. The SMILES string of the molecule is COc1ccc(CNC(=O)[C@H]2[C@H]3C=C[C@]4(CN(Cc5ccco5)C(=O)[C@@H]24)O3)cc1. The van der Waals surface area contributed by atoms with Crippen molar-refractivity contribution in [3.05, 3.63) is 66.1 Å². The fourth-order valence-corrected chi connectivity index (χ4v) is 4.65. The van der Waals surface area contributed by atoms with Gasteiger partial charge in [0, 0.05) is 6.54 Å². The molecule has 1 N–H and O–H groups in total. The van der Waals surface area contributed by atoms with E-state index in [0.717, 1.165) is 11.3 Å². The van der Waals surface area contributed by atoms with Crippen LogP contribution in [0.15, 0.2) is 59.2 Å². The van der Waals surface area contributed by atoms with E-state index in [1.807, 2.05) is 42.5 Å². The Balaban J connectivity index is 1.29. The summed E-state index contributed by atoms with van der Waals surface area (Å²) in [5.41, 5.74) is 0.252. The van der Waals surface area contributed by atoms with E-state index in [9.17, 15) is 9.59 Å². The molecule has 3 aliphatic heterocycles. The molecule has 2 saturated heterocycles. The highest BCUT2D eigenvalue weighted by Crippen LogP contribution is 2.52. The summed E-state index contributed by atoms with van der Waals surface area (Å²) in [5, 5.41) is 2.97. The number of likely N-dealkylation sites (tertiary alicyclic amines) is 1. The summed E-state index contributed by atoms with van der Waals surface area (Å²) < 4.78 is 16.7. The Bertz CT molecular complexity index is 952. The first-order valence-corrected chi connectivity index (χ1v) is 9.69. The minimum absolute atomic E-state index is 0.0575. The lowest BCUT2D eigenvalue weighted by atomic mass is 9.77. The summed E-state index contributed by atoms with van der Waals surface area (Å²) in [5.74, 6) is 0.249. The molecule has 0 saturated carbocycles. The van der Waals surface area contributed by atoms with E-state index >= 15 is 0 Å². The van der Waals surface area contributed by atoms with Gasteiger partial charge in [-0.3, -0.25) is 9.59 Å². The van der Waals surface area contributed by atoms with Crippen molar-refractivity contribution in [2.45, 2.75) is 24.8 Å². The number of nitrogens with one attached hydrogen (secondary N) is 1. The Labute approximate surface area is 168 Å². The fraction of sp³-hybridized carbons (Fsp3) is 0.364. The average Bonchev–Trinajstić information content (AvgIpc) is 3.50. The number of carbonyl (C=O) groups excluding carboxylic acids is 2. The summed E-state index contributed by atoms with van der Waals surface area (Å²) in [6.07, 6.45) is 5.10. The lowest BCUT2D eigenvalue weighted by Crippen LogP contribution is -2.43. The quantitative estimate of drug-likeness (QED) is 0.757. The zero-order valence-corrected chi connectivity index (χ0v) is 16.0. The minimum atomic E-state index is -0.712. The molecule has 3 aliphatic rings. The van der Waals surface area contributed by atoms with Gasteiger partial charge in [0.2, 0.25) is 11.8 Å². The topological polar surface area (TPSA) is 81.0 Å². The molecule has 0 aliphatic carbocycles. The summed E-state index contributed by atoms with van der Waals surface area (Å²) >= 11 is 0. The third-order valence-corrected chi connectivity index (χ3v) is 6.03. The van der Waals surface area contributed by atoms with E-state index in [2.05, 4.69) is 5.32 Å². The van der Waals surface area contributed by atoms with Gasteiger partial charge in [0.1, 0.15) is 17.1 Å². The molecule has 5 rings (SSSR count). The van der Waals surface area contributed by atoms with Crippen molar-refractivity contribution >= 4 is 11.8 Å². The van der Waals surface area contributed by atoms with Gasteiger partial charge in [-0.05, 0) is 29.8 Å². The van der Waals surface area contributed by atoms with Crippen molar-refractivity contribution in [3.63, 3.8) is 0 Å². The van der Waals surface area contributed by atoms with E-state index < -0.39 is 17.4 Å². The Morgan fingerprint density at radius 1 is 1.31 bits per heavy atom. The van der Waals surface area contributed by atoms with Crippen LogP contribution in [0.1, 0.15) is 11.3 Å². The maximum absolute atomic E-state index is 13.1. The molecule has 2 aromatic rings. The van der Waals surface area contributed by atoms with Crippen LogP contribution >= 0.6 is 0 Å². The predicted molar refractivity (Wildman–Crippen MR) is 103 cm³/mol. The molecule has 4 atom stereocenters. The van der Waals surface area contributed by atoms with Crippen LogP contribution in [0, 0.1) is 11.8 Å². The van der Waals surface area contributed by atoms with E-state index in [0.29, 0.717) is 25.4 Å². The Hall–Kier alpha value is -3.06. The molecule has 29 heavy (non-hydrogen) atoms. The Morgan fingerprint density at radius 2 is 2.14 bits per heavy atom. The van der Waals surface area contributed by atoms with Crippen LogP contribution in [-0.2, 0) is 27.4 Å². The second-order valence-electron chi connectivity index (χ2n) is 7.74. The highest BCUT2D eigenvalue weighted by atomic mass is 16.5. The van der Waals surface area contributed by atoms with Gasteiger partial charge in [-0.1, -0.05) is 24.3 Å². The summed E-state index contributed by atoms with van der Waals surface area (Å²) in [7, 11) is 1.61. The fourth-order valence-electron chi connectivity index (χ4n) is 4.65. The molecule has 2 fully saturated rings. The smallest absolute Gasteiger partial charge is 0.230 e. The lowest BCUT2D eigenvalue weighted by molar-refractivity contribution is -0.138. The number of methoxy groups -OCH3 is 1. The second-order valence-corrected chi connectivity index (χ2v) is 7.74. The van der Waals surface area contributed by atoms with E-state index in [-0.39, 0.29) is 17.9 Å². The molecule has 4 heterocycles. The van der Waals surface area contributed by atoms with Crippen LogP contribution in [0.5, 0.6) is 5.75 Å². The number of hydrogen-bond acceptors (Lipinski definition) is 5. The number of carbonyl (C=O) groups is 2. The third-order valence-electron chi connectivity index (χ3n) is 6.03. The van der Waals surface area contributed by atoms with E-state index in [1.54, 1.807) is 24.3 Å². The molecule has 1 spiro atoms. The highest BCUT2D eigenvalue weighted by Gasteiger charge is 2.66. The second kappa shape index (κ2) is 6.77. The summed E-state index contributed by atoms with van der Waals surface area (Å²) in [6.45, 7) is 1.21. The molecular weight excluding hydrogens is 372 g/mol. The Kier molecular flexibility index (Phi) is 4.20. The van der Waals surface area contributed by atoms with Crippen LogP contribution in [-0.4, -0.2) is 42.1 Å². The number of benzene rings is 1. The zero-order valence-electron chi connectivity index (χ0n) is 16.0. The van der Waals surface area contributed by atoms with Crippen LogP contribution in [0.4, 0.5) is 0 Å². The first-order chi connectivity index (χ1) is 14.1. The Morgan fingerprint density at radius 3 is 2.86 bits per heavy atom. The van der Waals surface area contributed by atoms with Crippen LogP contribution < -0.4 is 10.1 Å². The molecule has 0 unspecified atom stereocenters. The molecule has 7 heteroatoms. The molecule has 1 aromatic heterocycles. The zero-order chi connectivity index (χ0) is 20.0. The van der Waals surface area contributed by atoms with Crippen molar-refractivity contribution in [1.29, 1.82) is 0 Å². The minimum Gasteiger partial charge on any atom is -0.497 e. The molecule has 1 aromatic carbocycles. The number of fused-ring (bicyclic) bond motifs is 1. The van der Waals surface area contributed by atoms with Gasteiger partial charge in [0.05, 0.1) is 44.4 Å². The first kappa shape index (κ1) is 18.0. The van der Waals surface area contributed by atoms with Crippen LogP contribution in [0.25, 0.3) is 0 Å². The number of furan rings is 1. The van der Waals surface area contributed by atoms with Gasteiger partial charge in [-0.15, -0.1) is 0 Å².